The van der Waals surface area contributed by atoms with E-state index < -0.39 is 5.82 Å². The molecule has 0 aliphatic carbocycles. The Bertz CT molecular complexity index is 870. The third-order valence-corrected chi connectivity index (χ3v) is 4.40. The SMILES string of the molecule is COc1ccc(Cn2cnc3c(C)csc3c2=O)c(F)c1. The van der Waals surface area contributed by atoms with Gasteiger partial charge in [0.2, 0.25) is 0 Å². The van der Waals surface area contributed by atoms with Crippen LogP contribution in [0.2, 0.25) is 0 Å². The van der Waals surface area contributed by atoms with Gasteiger partial charge in [-0.15, -0.1) is 11.3 Å². The van der Waals surface area contributed by atoms with Crippen molar-refractivity contribution in [2.45, 2.75) is 13.5 Å². The van der Waals surface area contributed by atoms with Crippen LogP contribution >= 0.6 is 11.3 Å². The third kappa shape index (κ3) is 2.42. The second-order valence-corrected chi connectivity index (χ2v) is 5.61. The molecule has 0 amide bonds. The van der Waals surface area contributed by atoms with Crippen molar-refractivity contribution in [2.24, 2.45) is 0 Å². The highest BCUT2D eigenvalue weighted by molar-refractivity contribution is 7.17. The number of aryl methyl sites for hydroxylation is 1. The number of thiophene rings is 1. The van der Waals surface area contributed by atoms with E-state index in [0.29, 0.717) is 16.0 Å². The zero-order valence-corrected chi connectivity index (χ0v) is 12.4. The number of aromatic nitrogens is 2. The number of hydrogen-bond acceptors (Lipinski definition) is 4. The van der Waals surface area contributed by atoms with Crippen LogP contribution in [-0.4, -0.2) is 16.7 Å². The zero-order chi connectivity index (χ0) is 15.0. The molecule has 108 valence electrons. The molecule has 0 N–H and O–H groups in total. The summed E-state index contributed by atoms with van der Waals surface area (Å²) in [5.41, 5.74) is 1.98. The second kappa shape index (κ2) is 5.29. The Morgan fingerprint density at radius 3 is 2.95 bits per heavy atom. The summed E-state index contributed by atoms with van der Waals surface area (Å²) in [6, 6.07) is 4.59. The van der Waals surface area contributed by atoms with Crippen LogP contribution < -0.4 is 10.3 Å². The molecule has 0 unspecified atom stereocenters. The van der Waals surface area contributed by atoms with Gasteiger partial charge in [-0.1, -0.05) is 6.07 Å². The van der Waals surface area contributed by atoms with E-state index in [-0.39, 0.29) is 12.1 Å². The molecule has 0 atom stereocenters. The molecule has 6 heteroatoms. The number of benzene rings is 1. The Balaban J connectivity index is 2.02. The second-order valence-electron chi connectivity index (χ2n) is 4.73. The predicted octanol–water partition coefficient (Wildman–Crippen LogP) is 2.96. The van der Waals surface area contributed by atoms with Gasteiger partial charge in [-0.25, -0.2) is 9.37 Å². The minimum atomic E-state index is -0.399. The maximum atomic E-state index is 14.0. The zero-order valence-electron chi connectivity index (χ0n) is 11.6. The van der Waals surface area contributed by atoms with Crippen LogP contribution in [0.25, 0.3) is 10.2 Å². The molecule has 0 radical (unpaired) electrons. The first kappa shape index (κ1) is 13.8. The Morgan fingerprint density at radius 1 is 1.43 bits per heavy atom. The van der Waals surface area contributed by atoms with Gasteiger partial charge in [0.15, 0.2) is 0 Å². The average Bonchev–Trinajstić information content (AvgIpc) is 2.86. The van der Waals surface area contributed by atoms with Crippen molar-refractivity contribution >= 4 is 21.6 Å². The molecule has 4 nitrogen and oxygen atoms in total. The topological polar surface area (TPSA) is 44.1 Å². The van der Waals surface area contributed by atoms with E-state index >= 15 is 0 Å². The molecule has 0 saturated heterocycles. The lowest BCUT2D eigenvalue weighted by Gasteiger charge is -2.08. The van der Waals surface area contributed by atoms with Gasteiger partial charge in [-0.3, -0.25) is 9.36 Å². The Kier molecular flexibility index (Phi) is 3.47. The molecule has 0 aliphatic heterocycles. The average molecular weight is 304 g/mol. The van der Waals surface area contributed by atoms with E-state index in [9.17, 15) is 9.18 Å². The van der Waals surface area contributed by atoms with Gasteiger partial charge in [0.1, 0.15) is 16.3 Å². The van der Waals surface area contributed by atoms with Crippen LogP contribution in [0.4, 0.5) is 4.39 Å². The maximum absolute atomic E-state index is 14.0. The Labute approximate surface area is 124 Å². The van der Waals surface area contributed by atoms with E-state index in [4.69, 9.17) is 4.74 Å². The molecule has 0 spiro atoms. The molecule has 2 aromatic heterocycles. The highest BCUT2D eigenvalue weighted by Gasteiger charge is 2.10. The molecular weight excluding hydrogens is 291 g/mol. The number of halogens is 1. The monoisotopic (exact) mass is 304 g/mol. The minimum Gasteiger partial charge on any atom is -0.497 e. The largest absolute Gasteiger partial charge is 0.497 e. The van der Waals surface area contributed by atoms with Gasteiger partial charge < -0.3 is 4.74 Å². The van der Waals surface area contributed by atoms with Gasteiger partial charge in [0.25, 0.3) is 5.56 Å². The molecule has 2 heterocycles. The standard InChI is InChI=1S/C15H13FN2O2S/c1-9-7-21-14-13(9)17-8-18(15(14)19)6-10-3-4-11(20-2)5-12(10)16/h3-5,7-8H,6H2,1-2H3. The predicted molar refractivity (Wildman–Crippen MR) is 80.7 cm³/mol. The van der Waals surface area contributed by atoms with Crippen molar-refractivity contribution in [2.75, 3.05) is 7.11 Å². The first-order valence-electron chi connectivity index (χ1n) is 6.36. The van der Waals surface area contributed by atoms with Crippen LogP contribution in [0.1, 0.15) is 11.1 Å². The van der Waals surface area contributed by atoms with Gasteiger partial charge in [-0.2, -0.15) is 0 Å². The van der Waals surface area contributed by atoms with Crippen LogP contribution in [-0.2, 0) is 6.54 Å². The van der Waals surface area contributed by atoms with Crippen molar-refractivity contribution in [1.29, 1.82) is 0 Å². The molecule has 3 rings (SSSR count). The number of rotatable bonds is 3. The van der Waals surface area contributed by atoms with Crippen molar-refractivity contribution in [3.05, 3.63) is 57.2 Å². The first-order valence-corrected chi connectivity index (χ1v) is 7.24. The van der Waals surface area contributed by atoms with E-state index in [1.54, 1.807) is 12.1 Å². The normalized spacial score (nSPS) is 11.0. The molecule has 3 aromatic rings. The molecule has 1 aromatic carbocycles. The first-order chi connectivity index (χ1) is 10.1. The lowest BCUT2D eigenvalue weighted by molar-refractivity contribution is 0.410. The minimum absolute atomic E-state index is 0.145. The number of methoxy groups -OCH3 is 1. The fraction of sp³-hybridized carbons (Fsp3) is 0.200. The molecule has 0 aliphatic rings. The summed E-state index contributed by atoms with van der Waals surface area (Å²) in [6.07, 6.45) is 1.47. The van der Waals surface area contributed by atoms with Crippen molar-refractivity contribution in [3.63, 3.8) is 0 Å². The summed E-state index contributed by atoms with van der Waals surface area (Å²) in [4.78, 5) is 16.7. The van der Waals surface area contributed by atoms with E-state index in [0.717, 1.165) is 11.1 Å². The highest BCUT2D eigenvalue weighted by atomic mass is 32.1. The summed E-state index contributed by atoms with van der Waals surface area (Å²) in [6.45, 7) is 2.06. The van der Waals surface area contributed by atoms with Crippen molar-refractivity contribution in [1.82, 2.24) is 9.55 Å². The maximum Gasteiger partial charge on any atom is 0.271 e. The van der Waals surface area contributed by atoms with Crippen molar-refractivity contribution < 1.29 is 9.13 Å². The molecule has 0 fully saturated rings. The van der Waals surface area contributed by atoms with E-state index in [1.165, 1.54) is 35.4 Å². The molecule has 0 bridgehead atoms. The Morgan fingerprint density at radius 2 is 2.24 bits per heavy atom. The summed E-state index contributed by atoms with van der Waals surface area (Å²) < 4.78 is 20.9. The smallest absolute Gasteiger partial charge is 0.271 e. The highest BCUT2D eigenvalue weighted by Crippen LogP contribution is 2.20. The summed E-state index contributed by atoms with van der Waals surface area (Å²) in [5, 5.41) is 1.90. The number of ether oxygens (including phenoxy) is 1. The van der Waals surface area contributed by atoms with Gasteiger partial charge in [0.05, 0.1) is 25.5 Å². The lowest BCUT2D eigenvalue weighted by Crippen LogP contribution is -2.20. The third-order valence-electron chi connectivity index (χ3n) is 3.32. The van der Waals surface area contributed by atoms with E-state index in [2.05, 4.69) is 4.98 Å². The van der Waals surface area contributed by atoms with Crippen LogP contribution in [0.15, 0.2) is 34.7 Å². The van der Waals surface area contributed by atoms with Gasteiger partial charge in [0, 0.05) is 11.6 Å². The quantitative estimate of drug-likeness (QED) is 0.747. The van der Waals surface area contributed by atoms with Crippen molar-refractivity contribution in [3.8, 4) is 5.75 Å². The number of nitrogens with zero attached hydrogens (tertiary/aromatic N) is 2. The molecule has 0 saturated carbocycles. The summed E-state index contributed by atoms with van der Waals surface area (Å²) in [7, 11) is 1.48. The molecule has 21 heavy (non-hydrogen) atoms. The number of fused-ring (bicyclic) bond motifs is 1. The van der Waals surface area contributed by atoms with Gasteiger partial charge in [-0.05, 0) is 23.9 Å². The number of hydrogen-bond donors (Lipinski definition) is 0. The fourth-order valence-electron chi connectivity index (χ4n) is 2.14. The summed E-state index contributed by atoms with van der Waals surface area (Å²) >= 11 is 1.37. The lowest BCUT2D eigenvalue weighted by atomic mass is 10.2. The van der Waals surface area contributed by atoms with E-state index in [1.807, 2.05) is 12.3 Å². The van der Waals surface area contributed by atoms with Crippen LogP contribution in [0.3, 0.4) is 0 Å². The Hall–Kier alpha value is -2.21. The summed E-state index contributed by atoms with van der Waals surface area (Å²) in [5.74, 6) is 0.0507. The van der Waals surface area contributed by atoms with Crippen LogP contribution in [0, 0.1) is 12.7 Å². The fourth-order valence-corrected chi connectivity index (χ4v) is 3.09. The van der Waals surface area contributed by atoms with Crippen LogP contribution in [0.5, 0.6) is 5.75 Å². The molecular formula is C15H13FN2O2S. The van der Waals surface area contributed by atoms with Gasteiger partial charge >= 0.3 is 0 Å².